The van der Waals surface area contributed by atoms with Gasteiger partial charge in [-0.25, -0.2) is 4.98 Å². The van der Waals surface area contributed by atoms with Crippen molar-refractivity contribution in [2.24, 2.45) is 0 Å². The van der Waals surface area contributed by atoms with Gasteiger partial charge < -0.3 is 11.5 Å². The van der Waals surface area contributed by atoms with E-state index in [1.54, 1.807) is 0 Å². The summed E-state index contributed by atoms with van der Waals surface area (Å²) in [5.41, 5.74) is 10.7. The van der Waals surface area contributed by atoms with Gasteiger partial charge in [0.2, 0.25) is 11.9 Å². The highest BCUT2D eigenvalue weighted by Gasteiger charge is 2.03. The molecule has 0 fully saturated rings. The standard InChI is InChI=1S/C5H6N8/c6-3-10-4(7)12-5(11-3)13-2-8-1-9-13/h1-2H,(H4,6,7,10,11,12). The molecule has 0 aromatic carbocycles. The van der Waals surface area contributed by atoms with E-state index in [-0.39, 0.29) is 17.8 Å². The second-order valence-electron chi connectivity index (χ2n) is 2.19. The molecule has 0 aliphatic rings. The predicted octanol–water partition coefficient (Wildman–Crippen LogP) is -1.38. The molecule has 0 amide bonds. The van der Waals surface area contributed by atoms with E-state index in [0.29, 0.717) is 0 Å². The summed E-state index contributed by atoms with van der Waals surface area (Å²) in [6, 6.07) is 0. The lowest BCUT2D eigenvalue weighted by Gasteiger charge is -1.99. The average Bonchev–Trinajstić information content (AvgIpc) is 2.53. The van der Waals surface area contributed by atoms with Crippen LogP contribution in [0.1, 0.15) is 0 Å². The molecule has 0 aliphatic carbocycles. The number of nitrogen functional groups attached to an aromatic ring is 2. The topological polar surface area (TPSA) is 121 Å². The second-order valence-corrected chi connectivity index (χ2v) is 2.19. The third kappa shape index (κ3) is 1.36. The highest BCUT2D eigenvalue weighted by atomic mass is 15.4. The Labute approximate surface area is 72.7 Å². The van der Waals surface area contributed by atoms with Crippen molar-refractivity contribution in [3.8, 4) is 5.95 Å². The van der Waals surface area contributed by atoms with Crippen LogP contribution in [0.25, 0.3) is 5.95 Å². The van der Waals surface area contributed by atoms with Gasteiger partial charge in [-0.15, -0.1) is 0 Å². The summed E-state index contributed by atoms with van der Waals surface area (Å²) in [5.74, 6) is 0.360. The van der Waals surface area contributed by atoms with Gasteiger partial charge in [0.1, 0.15) is 12.7 Å². The molecule has 0 unspecified atom stereocenters. The van der Waals surface area contributed by atoms with Crippen molar-refractivity contribution in [3.63, 3.8) is 0 Å². The molecule has 2 rings (SSSR count). The summed E-state index contributed by atoms with van der Waals surface area (Å²) in [5, 5.41) is 3.81. The minimum atomic E-state index is 0.0537. The number of anilines is 2. The summed E-state index contributed by atoms with van der Waals surface area (Å²) in [6.45, 7) is 0. The predicted molar refractivity (Wildman–Crippen MR) is 43.6 cm³/mol. The van der Waals surface area contributed by atoms with Crippen LogP contribution in [0.2, 0.25) is 0 Å². The van der Waals surface area contributed by atoms with Crippen molar-refractivity contribution in [2.75, 3.05) is 11.5 Å². The normalized spacial score (nSPS) is 10.2. The van der Waals surface area contributed by atoms with Crippen molar-refractivity contribution in [2.45, 2.75) is 0 Å². The molecule has 0 radical (unpaired) electrons. The van der Waals surface area contributed by atoms with Gasteiger partial charge >= 0.3 is 0 Å². The highest BCUT2D eigenvalue weighted by Crippen LogP contribution is 2.01. The Balaban J connectivity index is 2.53. The van der Waals surface area contributed by atoms with E-state index in [2.05, 4.69) is 25.0 Å². The fourth-order valence-electron chi connectivity index (χ4n) is 0.811. The fourth-order valence-corrected chi connectivity index (χ4v) is 0.811. The number of hydrogen-bond acceptors (Lipinski definition) is 7. The van der Waals surface area contributed by atoms with Crippen LogP contribution in [0.4, 0.5) is 11.9 Å². The molecule has 0 atom stereocenters. The summed E-state index contributed by atoms with van der Waals surface area (Å²) < 4.78 is 1.34. The van der Waals surface area contributed by atoms with E-state index in [1.165, 1.54) is 17.3 Å². The molecular weight excluding hydrogens is 172 g/mol. The molecule has 0 aliphatic heterocycles. The van der Waals surface area contributed by atoms with Crippen LogP contribution in [0.15, 0.2) is 12.7 Å². The Kier molecular flexibility index (Phi) is 1.51. The first-order valence-electron chi connectivity index (χ1n) is 3.38. The Morgan fingerprint density at radius 3 is 2.31 bits per heavy atom. The third-order valence-electron chi connectivity index (χ3n) is 1.28. The molecule has 8 heteroatoms. The van der Waals surface area contributed by atoms with Crippen molar-refractivity contribution in [1.29, 1.82) is 0 Å². The van der Waals surface area contributed by atoms with Crippen LogP contribution in [0.3, 0.4) is 0 Å². The molecule has 2 aromatic rings. The quantitative estimate of drug-likeness (QED) is 0.551. The maximum atomic E-state index is 5.36. The highest BCUT2D eigenvalue weighted by molar-refractivity contribution is 5.30. The molecule has 8 nitrogen and oxygen atoms in total. The van der Waals surface area contributed by atoms with Crippen LogP contribution in [0.5, 0.6) is 0 Å². The lowest BCUT2D eigenvalue weighted by Crippen LogP contribution is -2.09. The average molecular weight is 178 g/mol. The lowest BCUT2D eigenvalue weighted by molar-refractivity contribution is 0.801. The van der Waals surface area contributed by atoms with Crippen molar-refractivity contribution < 1.29 is 0 Å². The van der Waals surface area contributed by atoms with Crippen molar-refractivity contribution >= 4 is 11.9 Å². The number of nitrogens with zero attached hydrogens (tertiary/aromatic N) is 6. The summed E-state index contributed by atoms with van der Waals surface area (Å²) in [6.07, 6.45) is 2.80. The fraction of sp³-hybridized carbons (Fsp3) is 0. The van der Waals surface area contributed by atoms with Crippen LogP contribution in [-0.4, -0.2) is 29.7 Å². The van der Waals surface area contributed by atoms with Gasteiger partial charge in [0.05, 0.1) is 0 Å². The van der Waals surface area contributed by atoms with Gasteiger partial charge in [-0.3, -0.25) is 0 Å². The minimum Gasteiger partial charge on any atom is -0.368 e. The minimum absolute atomic E-state index is 0.0537. The summed E-state index contributed by atoms with van der Waals surface area (Å²) in [4.78, 5) is 15.0. The van der Waals surface area contributed by atoms with Crippen LogP contribution in [-0.2, 0) is 0 Å². The molecular formula is C5H6N8. The van der Waals surface area contributed by atoms with Gasteiger partial charge in [0.25, 0.3) is 5.95 Å². The van der Waals surface area contributed by atoms with Crippen molar-refractivity contribution in [3.05, 3.63) is 12.7 Å². The molecule has 0 bridgehead atoms. The molecule has 0 saturated carbocycles. The smallest absolute Gasteiger partial charge is 0.258 e. The van der Waals surface area contributed by atoms with Gasteiger partial charge in [-0.2, -0.15) is 24.7 Å². The molecule has 2 heterocycles. The first-order valence-corrected chi connectivity index (χ1v) is 3.38. The Morgan fingerprint density at radius 2 is 1.77 bits per heavy atom. The van der Waals surface area contributed by atoms with Crippen LogP contribution < -0.4 is 11.5 Å². The van der Waals surface area contributed by atoms with Gasteiger partial charge in [-0.1, -0.05) is 0 Å². The summed E-state index contributed by atoms with van der Waals surface area (Å²) in [7, 11) is 0. The van der Waals surface area contributed by atoms with Crippen LogP contribution >= 0.6 is 0 Å². The maximum absolute atomic E-state index is 5.36. The van der Waals surface area contributed by atoms with Gasteiger partial charge in [0, 0.05) is 0 Å². The monoisotopic (exact) mass is 178 g/mol. The molecule has 0 spiro atoms. The Morgan fingerprint density at radius 1 is 1.08 bits per heavy atom. The Hall–Kier alpha value is -2.25. The van der Waals surface area contributed by atoms with E-state index in [4.69, 9.17) is 11.5 Å². The first-order chi connectivity index (χ1) is 6.25. The van der Waals surface area contributed by atoms with E-state index in [9.17, 15) is 0 Å². The second kappa shape index (κ2) is 2.66. The number of hydrogen-bond donors (Lipinski definition) is 2. The molecule has 66 valence electrons. The van der Waals surface area contributed by atoms with Crippen molar-refractivity contribution in [1.82, 2.24) is 29.7 Å². The molecule has 13 heavy (non-hydrogen) atoms. The van der Waals surface area contributed by atoms with Gasteiger partial charge in [-0.05, 0) is 0 Å². The van der Waals surface area contributed by atoms with E-state index in [0.717, 1.165) is 0 Å². The Bertz CT molecular complexity index is 386. The van der Waals surface area contributed by atoms with E-state index in [1.807, 2.05) is 0 Å². The van der Waals surface area contributed by atoms with E-state index >= 15 is 0 Å². The van der Waals surface area contributed by atoms with Crippen LogP contribution in [0, 0.1) is 0 Å². The SMILES string of the molecule is Nc1nc(N)nc(-n2cncn2)n1. The molecule has 4 N–H and O–H groups in total. The van der Waals surface area contributed by atoms with Gasteiger partial charge in [0.15, 0.2) is 0 Å². The zero-order chi connectivity index (χ0) is 9.26. The largest absolute Gasteiger partial charge is 0.368 e. The lowest BCUT2D eigenvalue weighted by atomic mass is 10.8. The summed E-state index contributed by atoms with van der Waals surface area (Å²) >= 11 is 0. The van der Waals surface area contributed by atoms with E-state index < -0.39 is 0 Å². The number of rotatable bonds is 1. The molecule has 0 saturated heterocycles. The molecule has 2 aromatic heterocycles. The number of nitrogens with two attached hydrogens (primary N) is 2. The zero-order valence-corrected chi connectivity index (χ0v) is 6.49. The maximum Gasteiger partial charge on any atom is 0.258 e. The number of aromatic nitrogens is 6. The zero-order valence-electron chi connectivity index (χ0n) is 6.49. The third-order valence-corrected chi connectivity index (χ3v) is 1.28. The first kappa shape index (κ1) is 7.40.